The van der Waals surface area contributed by atoms with Gasteiger partial charge in [-0.3, -0.25) is 0 Å². The summed E-state index contributed by atoms with van der Waals surface area (Å²) >= 11 is 12.0. The Kier molecular flexibility index (Phi) is 7.54. The van der Waals surface area contributed by atoms with Crippen LogP contribution in [0.1, 0.15) is 33.6 Å². The average molecular weight is 445 g/mol. The van der Waals surface area contributed by atoms with Crippen LogP contribution in [0, 0.1) is 0 Å². The average Bonchev–Trinajstić information content (AvgIpc) is 2.65. The highest BCUT2D eigenvalue weighted by atomic mass is 35.5. The van der Waals surface area contributed by atoms with Crippen LogP contribution in [-0.4, -0.2) is 73.0 Å². The minimum absolute atomic E-state index is 0.00353. The first-order valence-electron chi connectivity index (χ1n) is 10.1. The molecular formula is C21H30Cl2N2O4. The number of morpholine rings is 1. The number of amides is 1. The number of hydrogen-bond donors (Lipinski definition) is 0. The zero-order valence-corrected chi connectivity index (χ0v) is 18.8. The topological polar surface area (TPSA) is 51.2 Å². The molecule has 0 spiro atoms. The van der Waals surface area contributed by atoms with Crippen molar-refractivity contribution in [1.82, 2.24) is 9.80 Å². The van der Waals surface area contributed by atoms with Gasteiger partial charge in [0.15, 0.2) is 0 Å². The molecule has 1 amide bonds. The first-order valence-corrected chi connectivity index (χ1v) is 10.9. The van der Waals surface area contributed by atoms with Crippen molar-refractivity contribution in [1.29, 1.82) is 0 Å². The molecule has 0 aliphatic carbocycles. The summed E-state index contributed by atoms with van der Waals surface area (Å²) in [6.07, 6.45) is 1.77. The fourth-order valence-corrected chi connectivity index (χ4v) is 3.85. The quantitative estimate of drug-likeness (QED) is 0.685. The molecule has 2 heterocycles. The molecule has 0 N–H and O–H groups in total. The number of halogens is 2. The molecular weight excluding hydrogens is 415 g/mol. The Morgan fingerprint density at radius 2 is 1.90 bits per heavy atom. The van der Waals surface area contributed by atoms with Crippen LogP contribution >= 0.6 is 23.2 Å². The Bertz CT molecular complexity index is 702. The van der Waals surface area contributed by atoms with Crippen LogP contribution < -0.4 is 4.74 Å². The summed E-state index contributed by atoms with van der Waals surface area (Å²) in [5.41, 5.74) is -0.485. The van der Waals surface area contributed by atoms with Crippen LogP contribution in [0.5, 0.6) is 5.75 Å². The maximum absolute atomic E-state index is 12.3. The minimum Gasteiger partial charge on any atom is -0.490 e. The van der Waals surface area contributed by atoms with Gasteiger partial charge in [0, 0.05) is 32.2 Å². The van der Waals surface area contributed by atoms with E-state index in [1.54, 1.807) is 17.0 Å². The Morgan fingerprint density at radius 1 is 1.17 bits per heavy atom. The van der Waals surface area contributed by atoms with Crippen molar-refractivity contribution in [3.63, 3.8) is 0 Å². The standard InChI is InChI=1S/C21H30Cl2N2O4/c1-21(2,3)29-20(26)25-10-11-27-17(14-25)13-24-8-6-15(7-9-24)28-16-4-5-18(22)19(23)12-16/h4-5,12,15,17H,6-11,13-14H2,1-3H3/t17-/m1/s1. The van der Waals surface area contributed by atoms with E-state index in [1.807, 2.05) is 26.8 Å². The van der Waals surface area contributed by atoms with E-state index in [0.29, 0.717) is 29.7 Å². The van der Waals surface area contributed by atoms with Crippen molar-refractivity contribution >= 4 is 29.3 Å². The summed E-state index contributed by atoms with van der Waals surface area (Å²) in [5.74, 6) is 0.751. The van der Waals surface area contributed by atoms with E-state index in [-0.39, 0.29) is 18.3 Å². The van der Waals surface area contributed by atoms with Crippen molar-refractivity contribution in [2.45, 2.75) is 51.4 Å². The molecule has 0 aromatic heterocycles. The maximum atomic E-state index is 12.3. The predicted octanol–water partition coefficient (Wildman–Crippen LogP) is 4.47. The van der Waals surface area contributed by atoms with Gasteiger partial charge in [0.1, 0.15) is 17.5 Å². The molecule has 3 rings (SSSR count). The van der Waals surface area contributed by atoms with E-state index in [9.17, 15) is 4.79 Å². The molecule has 0 saturated carbocycles. The van der Waals surface area contributed by atoms with Crippen molar-refractivity contribution < 1.29 is 19.0 Å². The summed E-state index contributed by atoms with van der Waals surface area (Å²) in [6.45, 7) is 9.99. The predicted molar refractivity (Wildman–Crippen MR) is 114 cm³/mol. The molecule has 29 heavy (non-hydrogen) atoms. The molecule has 0 bridgehead atoms. The van der Waals surface area contributed by atoms with Crippen LogP contribution in [-0.2, 0) is 9.47 Å². The van der Waals surface area contributed by atoms with Gasteiger partial charge in [0.25, 0.3) is 0 Å². The van der Waals surface area contributed by atoms with E-state index in [0.717, 1.165) is 38.2 Å². The van der Waals surface area contributed by atoms with E-state index in [1.165, 1.54) is 0 Å². The second-order valence-corrected chi connectivity index (χ2v) is 9.43. The highest BCUT2D eigenvalue weighted by Gasteiger charge is 2.30. The lowest BCUT2D eigenvalue weighted by Gasteiger charge is -2.38. The van der Waals surface area contributed by atoms with Gasteiger partial charge >= 0.3 is 6.09 Å². The number of carbonyl (C=O) groups is 1. The van der Waals surface area contributed by atoms with Gasteiger partial charge in [-0.2, -0.15) is 0 Å². The third kappa shape index (κ3) is 6.92. The third-order valence-corrected chi connectivity index (χ3v) is 5.72. The zero-order chi connectivity index (χ0) is 21.0. The van der Waals surface area contributed by atoms with Crippen LogP contribution in [0.3, 0.4) is 0 Å². The fraction of sp³-hybridized carbons (Fsp3) is 0.667. The van der Waals surface area contributed by atoms with E-state index in [2.05, 4.69) is 4.90 Å². The molecule has 1 atom stereocenters. The fourth-order valence-electron chi connectivity index (χ4n) is 3.56. The molecule has 2 aliphatic rings. The number of ether oxygens (including phenoxy) is 3. The molecule has 8 heteroatoms. The number of hydrogen-bond acceptors (Lipinski definition) is 5. The lowest BCUT2D eigenvalue weighted by molar-refractivity contribution is -0.0560. The largest absolute Gasteiger partial charge is 0.490 e. The summed E-state index contributed by atoms with van der Waals surface area (Å²) in [6, 6.07) is 5.37. The van der Waals surface area contributed by atoms with Gasteiger partial charge in [-0.05, 0) is 45.7 Å². The Morgan fingerprint density at radius 3 is 2.55 bits per heavy atom. The highest BCUT2D eigenvalue weighted by Crippen LogP contribution is 2.28. The first-order chi connectivity index (χ1) is 13.7. The lowest BCUT2D eigenvalue weighted by Crippen LogP contribution is -2.52. The van der Waals surface area contributed by atoms with E-state index >= 15 is 0 Å². The summed E-state index contributed by atoms with van der Waals surface area (Å²) in [5, 5.41) is 1.03. The molecule has 162 valence electrons. The number of rotatable bonds is 4. The third-order valence-electron chi connectivity index (χ3n) is 4.98. The van der Waals surface area contributed by atoms with Crippen LogP contribution in [0.2, 0.25) is 10.0 Å². The lowest BCUT2D eigenvalue weighted by atomic mass is 10.1. The maximum Gasteiger partial charge on any atom is 0.410 e. The number of piperidine rings is 1. The Balaban J connectivity index is 1.43. The van der Waals surface area contributed by atoms with Gasteiger partial charge in [-0.25, -0.2) is 4.79 Å². The monoisotopic (exact) mass is 444 g/mol. The Hall–Kier alpha value is -1.21. The number of nitrogens with zero attached hydrogens (tertiary/aromatic N) is 2. The Labute approximate surface area is 183 Å². The number of carbonyl (C=O) groups excluding carboxylic acids is 1. The van der Waals surface area contributed by atoms with Crippen LogP contribution in [0.15, 0.2) is 18.2 Å². The van der Waals surface area contributed by atoms with Crippen LogP contribution in [0.4, 0.5) is 4.79 Å². The highest BCUT2D eigenvalue weighted by molar-refractivity contribution is 6.42. The summed E-state index contributed by atoms with van der Waals surface area (Å²) in [7, 11) is 0. The smallest absolute Gasteiger partial charge is 0.410 e. The van der Waals surface area contributed by atoms with Crippen LogP contribution in [0.25, 0.3) is 0 Å². The molecule has 1 aromatic rings. The van der Waals surface area contributed by atoms with Gasteiger partial charge in [0.05, 0.1) is 29.3 Å². The number of benzene rings is 1. The van der Waals surface area contributed by atoms with Gasteiger partial charge < -0.3 is 24.0 Å². The van der Waals surface area contributed by atoms with E-state index in [4.69, 9.17) is 37.4 Å². The number of likely N-dealkylation sites (tertiary alicyclic amines) is 1. The second-order valence-electron chi connectivity index (χ2n) is 8.61. The second kappa shape index (κ2) is 9.73. The van der Waals surface area contributed by atoms with E-state index < -0.39 is 5.60 Å². The minimum atomic E-state index is -0.485. The summed E-state index contributed by atoms with van der Waals surface area (Å²) < 4.78 is 17.4. The molecule has 2 aliphatic heterocycles. The van der Waals surface area contributed by atoms with Crippen molar-refractivity contribution in [3.05, 3.63) is 28.2 Å². The van der Waals surface area contributed by atoms with Gasteiger partial charge in [-0.15, -0.1) is 0 Å². The first kappa shape index (κ1) is 22.5. The summed E-state index contributed by atoms with van der Waals surface area (Å²) in [4.78, 5) is 16.4. The van der Waals surface area contributed by atoms with Crippen molar-refractivity contribution in [2.75, 3.05) is 39.3 Å². The van der Waals surface area contributed by atoms with Gasteiger partial charge in [-0.1, -0.05) is 23.2 Å². The normalized spacial score (nSPS) is 21.8. The van der Waals surface area contributed by atoms with Gasteiger partial charge in [0.2, 0.25) is 0 Å². The molecule has 2 saturated heterocycles. The van der Waals surface area contributed by atoms with Crippen molar-refractivity contribution in [3.8, 4) is 5.75 Å². The molecule has 6 nitrogen and oxygen atoms in total. The van der Waals surface area contributed by atoms with Crippen molar-refractivity contribution in [2.24, 2.45) is 0 Å². The zero-order valence-electron chi connectivity index (χ0n) is 17.3. The SMILES string of the molecule is CC(C)(C)OC(=O)N1CCO[C@H](CN2CCC(Oc3ccc(Cl)c(Cl)c3)CC2)C1. The molecule has 2 fully saturated rings. The molecule has 0 radical (unpaired) electrons. The molecule has 1 aromatic carbocycles. The molecule has 0 unspecified atom stereocenters.